The molecule has 0 radical (unpaired) electrons. The van der Waals surface area contributed by atoms with E-state index in [1.807, 2.05) is 60.7 Å². The SMILES string of the molecule is CC[C@H](Sc1ccccc1N)c1cccc(Oc2ccccc2)c1. The van der Waals surface area contributed by atoms with Gasteiger partial charge in [0.2, 0.25) is 0 Å². The maximum Gasteiger partial charge on any atom is 0.127 e. The fourth-order valence-corrected chi connectivity index (χ4v) is 3.65. The molecule has 0 spiro atoms. The number of rotatable bonds is 6. The number of para-hydroxylation sites is 2. The molecule has 3 heteroatoms. The molecule has 0 unspecified atom stereocenters. The zero-order valence-electron chi connectivity index (χ0n) is 13.7. The van der Waals surface area contributed by atoms with Gasteiger partial charge in [-0.25, -0.2) is 0 Å². The van der Waals surface area contributed by atoms with Crippen LogP contribution in [0.5, 0.6) is 11.5 Å². The Kier molecular flexibility index (Phi) is 5.44. The van der Waals surface area contributed by atoms with Crippen LogP contribution in [0.1, 0.15) is 24.2 Å². The second-order valence-electron chi connectivity index (χ2n) is 5.54. The van der Waals surface area contributed by atoms with E-state index in [0.717, 1.165) is 28.5 Å². The zero-order chi connectivity index (χ0) is 16.8. The first kappa shape index (κ1) is 16.5. The first-order chi connectivity index (χ1) is 11.8. The molecule has 24 heavy (non-hydrogen) atoms. The van der Waals surface area contributed by atoms with E-state index in [-0.39, 0.29) is 0 Å². The van der Waals surface area contributed by atoms with E-state index in [9.17, 15) is 0 Å². The van der Waals surface area contributed by atoms with Crippen LogP contribution in [0, 0.1) is 0 Å². The first-order valence-corrected chi connectivity index (χ1v) is 8.98. The van der Waals surface area contributed by atoms with Crippen LogP contribution in [-0.2, 0) is 0 Å². The summed E-state index contributed by atoms with van der Waals surface area (Å²) >= 11 is 1.80. The monoisotopic (exact) mass is 335 g/mol. The highest BCUT2D eigenvalue weighted by molar-refractivity contribution is 7.99. The van der Waals surface area contributed by atoms with E-state index < -0.39 is 0 Å². The number of ether oxygens (including phenoxy) is 1. The quantitative estimate of drug-likeness (QED) is 0.424. The minimum absolute atomic E-state index is 0.342. The summed E-state index contributed by atoms with van der Waals surface area (Å²) in [6.07, 6.45) is 1.02. The average molecular weight is 335 g/mol. The second-order valence-corrected chi connectivity index (χ2v) is 6.78. The summed E-state index contributed by atoms with van der Waals surface area (Å²) in [5.74, 6) is 1.71. The van der Waals surface area contributed by atoms with Gasteiger partial charge in [-0.3, -0.25) is 0 Å². The number of nitrogen functional groups attached to an aromatic ring is 1. The smallest absolute Gasteiger partial charge is 0.127 e. The number of thioether (sulfide) groups is 1. The van der Waals surface area contributed by atoms with Gasteiger partial charge in [0.1, 0.15) is 11.5 Å². The van der Waals surface area contributed by atoms with Gasteiger partial charge in [0, 0.05) is 15.8 Å². The lowest BCUT2D eigenvalue weighted by atomic mass is 10.1. The van der Waals surface area contributed by atoms with Crippen molar-refractivity contribution in [2.75, 3.05) is 5.73 Å². The molecule has 0 heterocycles. The third-order valence-electron chi connectivity index (χ3n) is 3.77. The minimum Gasteiger partial charge on any atom is -0.457 e. The predicted octanol–water partition coefficient (Wildman–Crippen LogP) is 6.30. The van der Waals surface area contributed by atoms with Crippen molar-refractivity contribution in [1.82, 2.24) is 0 Å². The van der Waals surface area contributed by atoms with Gasteiger partial charge in [-0.2, -0.15) is 0 Å². The topological polar surface area (TPSA) is 35.2 Å². The van der Waals surface area contributed by atoms with E-state index in [1.54, 1.807) is 11.8 Å². The summed E-state index contributed by atoms with van der Waals surface area (Å²) in [6.45, 7) is 2.20. The summed E-state index contributed by atoms with van der Waals surface area (Å²) in [7, 11) is 0. The van der Waals surface area contributed by atoms with Gasteiger partial charge < -0.3 is 10.5 Å². The average Bonchev–Trinajstić information content (AvgIpc) is 2.62. The van der Waals surface area contributed by atoms with Crippen LogP contribution in [0.3, 0.4) is 0 Å². The van der Waals surface area contributed by atoms with Crippen LogP contribution in [0.15, 0.2) is 83.8 Å². The Labute approximate surface area is 147 Å². The van der Waals surface area contributed by atoms with E-state index >= 15 is 0 Å². The summed E-state index contributed by atoms with van der Waals surface area (Å²) in [4.78, 5) is 1.12. The maximum atomic E-state index is 6.09. The van der Waals surface area contributed by atoms with E-state index in [0.29, 0.717) is 5.25 Å². The van der Waals surface area contributed by atoms with Gasteiger partial charge in [0.15, 0.2) is 0 Å². The molecular formula is C21H21NOS. The lowest BCUT2D eigenvalue weighted by molar-refractivity contribution is 0.482. The van der Waals surface area contributed by atoms with Crippen LogP contribution < -0.4 is 10.5 Å². The lowest BCUT2D eigenvalue weighted by Crippen LogP contribution is -1.95. The largest absolute Gasteiger partial charge is 0.457 e. The number of hydrogen-bond acceptors (Lipinski definition) is 3. The highest BCUT2D eigenvalue weighted by atomic mass is 32.2. The molecule has 0 bridgehead atoms. The van der Waals surface area contributed by atoms with Gasteiger partial charge in [-0.05, 0) is 48.4 Å². The van der Waals surface area contributed by atoms with Crippen molar-refractivity contribution in [3.05, 3.63) is 84.4 Å². The molecular weight excluding hydrogens is 314 g/mol. The first-order valence-electron chi connectivity index (χ1n) is 8.10. The molecule has 3 rings (SSSR count). The molecule has 2 nitrogen and oxygen atoms in total. The summed E-state index contributed by atoms with van der Waals surface area (Å²) in [6, 6.07) is 26.2. The molecule has 2 N–H and O–H groups in total. The standard InChI is InChI=1S/C21H21NOS/c1-2-20(24-21-14-7-6-13-19(21)22)16-9-8-12-18(15-16)23-17-10-4-3-5-11-17/h3-15,20H,2,22H2,1H3/t20-/m0/s1. The Morgan fingerprint density at radius 2 is 1.58 bits per heavy atom. The molecule has 0 saturated heterocycles. The molecule has 0 fully saturated rings. The van der Waals surface area contributed by atoms with Crippen LogP contribution in [0.4, 0.5) is 5.69 Å². The summed E-state index contributed by atoms with van der Waals surface area (Å²) in [5.41, 5.74) is 8.17. The molecule has 0 saturated carbocycles. The number of hydrogen-bond donors (Lipinski definition) is 1. The Balaban J connectivity index is 1.79. The predicted molar refractivity (Wildman–Crippen MR) is 103 cm³/mol. The molecule has 3 aromatic carbocycles. The Morgan fingerprint density at radius 3 is 2.33 bits per heavy atom. The third-order valence-corrected chi connectivity index (χ3v) is 5.28. The molecule has 0 amide bonds. The molecule has 122 valence electrons. The number of benzene rings is 3. The minimum atomic E-state index is 0.342. The molecule has 1 atom stereocenters. The second kappa shape index (κ2) is 7.93. The molecule has 3 aromatic rings. The third kappa shape index (κ3) is 4.12. The van der Waals surface area contributed by atoms with Gasteiger partial charge in [-0.1, -0.05) is 49.4 Å². The Hall–Kier alpha value is -2.39. The molecule has 0 aromatic heterocycles. The van der Waals surface area contributed by atoms with Crippen LogP contribution in [0.2, 0.25) is 0 Å². The maximum absolute atomic E-state index is 6.09. The zero-order valence-corrected chi connectivity index (χ0v) is 14.5. The Morgan fingerprint density at radius 1 is 0.875 bits per heavy atom. The fraction of sp³-hybridized carbons (Fsp3) is 0.143. The fourth-order valence-electron chi connectivity index (χ4n) is 2.53. The van der Waals surface area contributed by atoms with Gasteiger partial charge in [0.05, 0.1) is 0 Å². The van der Waals surface area contributed by atoms with Crippen molar-refractivity contribution >= 4 is 17.4 Å². The van der Waals surface area contributed by atoms with E-state index in [2.05, 4.69) is 25.1 Å². The van der Waals surface area contributed by atoms with E-state index in [4.69, 9.17) is 10.5 Å². The van der Waals surface area contributed by atoms with Gasteiger partial charge in [0.25, 0.3) is 0 Å². The van der Waals surface area contributed by atoms with Crippen LogP contribution in [0.25, 0.3) is 0 Å². The number of nitrogens with two attached hydrogens (primary N) is 1. The highest BCUT2D eigenvalue weighted by Gasteiger charge is 2.13. The normalized spacial score (nSPS) is 11.9. The molecule has 0 aliphatic rings. The van der Waals surface area contributed by atoms with Crippen molar-refractivity contribution in [2.24, 2.45) is 0 Å². The van der Waals surface area contributed by atoms with Crippen molar-refractivity contribution in [3.63, 3.8) is 0 Å². The lowest BCUT2D eigenvalue weighted by Gasteiger charge is -2.17. The molecule has 0 aliphatic carbocycles. The van der Waals surface area contributed by atoms with Gasteiger partial charge >= 0.3 is 0 Å². The van der Waals surface area contributed by atoms with Crippen LogP contribution >= 0.6 is 11.8 Å². The van der Waals surface area contributed by atoms with Gasteiger partial charge in [-0.15, -0.1) is 11.8 Å². The van der Waals surface area contributed by atoms with Crippen LogP contribution in [-0.4, -0.2) is 0 Å². The molecule has 0 aliphatic heterocycles. The van der Waals surface area contributed by atoms with E-state index in [1.165, 1.54) is 5.56 Å². The summed E-state index contributed by atoms with van der Waals surface area (Å²) in [5, 5.41) is 0.342. The highest BCUT2D eigenvalue weighted by Crippen LogP contribution is 2.41. The Bertz CT molecular complexity index is 789. The van der Waals surface area contributed by atoms with Crippen molar-refractivity contribution in [1.29, 1.82) is 0 Å². The number of anilines is 1. The van der Waals surface area contributed by atoms with Crippen molar-refractivity contribution in [3.8, 4) is 11.5 Å². The van der Waals surface area contributed by atoms with Crippen molar-refractivity contribution < 1.29 is 4.74 Å². The summed E-state index contributed by atoms with van der Waals surface area (Å²) < 4.78 is 5.95. The van der Waals surface area contributed by atoms with Crippen molar-refractivity contribution in [2.45, 2.75) is 23.5 Å².